The van der Waals surface area contributed by atoms with Gasteiger partial charge in [-0.15, -0.1) is 0 Å². The Balaban J connectivity index is 4.67. The van der Waals surface area contributed by atoms with E-state index in [2.05, 4.69) is 13.2 Å². The van der Waals surface area contributed by atoms with Crippen molar-refractivity contribution < 1.29 is 23.8 Å². The number of hydrogen-bond donors (Lipinski definition) is 0. The zero-order valence-electron chi connectivity index (χ0n) is 13.2. The topological polar surface area (TPSA) is 61.8 Å². The van der Waals surface area contributed by atoms with E-state index in [9.17, 15) is 9.59 Å². The third kappa shape index (κ3) is 6.12. The average molecular weight is 298 g/mol. The molecule has 0 bridgehead atoms. The molecule has 1 atom stereocenters. The van der Waals surface area contributed by atoms with Crippen molar-refractivity contribution in [2.75, 3.05) is 13.2 Å². The van der Waals surface area contributed by atoms with Crippen molar-refractivity contribution >= 4 is 11.9 Å². The van der Waals surface area contributed by atoms with Crippen LogP contribution < -0.4 is 0 Å². The molecule has 0 aliphatic heterocycles. The second kappa shape index (κ2) is 10.2. The molecule has 0 aliphatic rings. The van der Waals surface area contributed by atoms with E-state index in [0.29, 0.717) is 19.3 Å². The van der Waals surface area contributed by atoms with E-state index >= 15 is 0 Å². The highest BCUT2D eigenvalue weighted by Crippen LogP contribution is 2.29. The number of carbonyl (C=O) groups excluding carboxylic acids is 2. The van der Waals surface area contributed by atoms with E-state index in [1.807, 2.05) is 20.8 Å². The second-order valence-electron chi connectivity index (χ2n) is 4.54. The normalized spacial score (nSPS) is 12.3. The van der Waals surface area contributed by atoms with Gasteiger partial charge in [-0.1, -0.05) is 33.9 Å². The largest absolute Gasteiger partial charge is 0.460 e. The van der Waals surface area contributed by atoms with Gasteiger partial charge in [0.15, 0.2) is 0 Å². The van der Waals surface area contributed by atoms with Crippen LogP contribution in [0.4, 0.5) is 0 Å². The smallest absolute Gasteiger partial charge is 0.330 e. The third-order valence-corrected chi connectivity index (χ3v) is 3.44. The summed E-state index contributed by atoms with van der Waals surface area (Å²) in [4.78, 5) is 22.5. The molecule has 0 rings (SSSR count). The summed E-state index contributed by atoms with van der Waals surface area (Å²) in [5.41, 5.74) is -0.692. The molecule has 1 unspecified atom stereocenters. The van der Waals surface area contributed by atoms with Gasteiger partial charge in [0.2, 0.25) is 0 Å². The molecule has 0 heterocycles. The van der Waals surface area contributed by atoms with Crippen molar-refractivity contribution in [1.29, 1.82) is 0 Å². The Morgan fingerprint density at radius 1 is 1.05 bits per heavy atom. The molecule has 5 heteroatoms. The van der Waals surface area contributed by atoms with Crippen LogP contribution in [0.5, 0.6) is 0 Å². The third-order valence-electron chi connectivity index (χ3n) is 3.44. The van der Waals surface area contributed by atoms with Crippen LogP contribution in [-0.4, -0.2) is 36.9 Å². The van der Waals surface area contributed by atoms with Crippen LogP contribution >= 0.6 is 0 Å². The molecular weight excluding hydrogens is 272 g/mol. The molecule has 0 saturated heterocycles. The summed E-state index contributed by atoms with van der Waals surface area (Å²) < 4.78 is 16.2. The molecule has 0 saturated carbocycles. The van der Waals surface area contributed by atoms with Crippen molar-refractivity contribution in [3.63, 3.8) is 0 Å². The van der Waals surface area contributed by atoms with E-state index in [-0.39, 0.29) is 19.3 Å². The maximum absolute atomic E-state index is 11.5. The number of esters is 2. The summed E-state index contributed by atoms with van der Waals surface area (Å²) in [6.07, 6.45) is 3.94. The van der Waals surface area contributed by atoms with Crippen LogP contribution in [0.25, 0.3) is 0 Å². The van der Waals surface area contributed by atoms with Crippen LogP contribution in [0.2, 0.25) is 0 Å². The van der Waals surface area contributed by atoms with Gasteiger partial charge < -0.3 is 14.2 Å². The number of carbonyl (C=O) groups is 2. The lowest BCUT2D eigenvalue weighted by molar-refractivity contribution is -0.178. The van der Waals surface area contributed by atoms with E-state index in [0.717, 1.165) is 12.2 Å². The Labute approximate surface area is 126 Å². The molecule has 0 radical (unpaired) electrons. The van der Waals surface area contributed by atoms with Crippen LogP contribution in [0, 0.1) is 0 Å². The molecule has 0 aromatic carbocycles. The van der Waals surface area contributed by atoms with E-state index in [4.69, 9.17) is 14.2 Å². The number of hydrogen-bond acceptors (Lipinski definition) is 5. The minimum atomic E-state index is -0.692. The van der Waals surface area contributed by atoms with Crippen LogP contribution in [0.3, 0.4) is 0 Å². The molecule has 0 aliphatic carbocycles. The molecule has 5 nitrogen and oxygen atoms in total. The molecule has 0 spiro atoms. The maximum atomic E-state index is 11.5. The van der Waals surface area contributed by atoms with Gasteiger partial charge in [-0.05, 0) is 19.3 Å². The molecule has 21 heavy (non-hydrogen) atoms. The molecule has 0 fully saturated rings. The van der Waals surface area contributed by atoms with E-state index in [1.165, 1.54) is 0 Å². The van der Waals surface area contributed by atoms with Crippen LogP contribution in [-0.2, 0) is 23.8 Å². The predicted octanol–water partition coefficient (Wildman–Crippen LogP) is 2.80. The zero-order valence-corrected chi connectivity index (χ0v) is 13.2. The quantitative estimate of drug-likeness (QED) is 0.333. The van der Waals surface area contributed by atoms with Gasteiger partial charge in [-0.3, -0.25) is 0 Å². The van der Waals surface area contributed by atoms with Gasteiger partial charge in [0.05, 0.1) is 12.7 Å². The fraction of sp³-hybridized carbons (Fsp3) is 0.625. The number of rotatable bonds is 11. The lowest BCUT2D eigenvalue weighted by atomic mass is 9.88. The first kappa shape index (κ1) is 19.4. The van der Waals surface area contributed by atoms with E-state index < -0.39 is 17.5 Å². The van der Waals surface area contributed by atoms with E-state index in [1.54, 1.807) is 0 Å². The van der Waals surface area contributed by atoms with Crippen molar-refractivity contribution in [3.8, 4) is 0 Å². The Morgan fingerprint density at radius 2 is 1.62 bits per heavy atom. The van der Waals surface area contributed by atoms with Crippen LogP contribution in [0.15, 0.2) is 25.3 Å². The summed E-state index contributed by atoms with van der Waals surface area (Å²) >= 11 is 0. The number of ether oxygens (including phenoxy) is 3. The Kier molecular flexibility index (Phi) is 9.37. The van der Waals surface area contributed by atoms with Gasteiger partial charge in [0.1, 0.15) is 12.2 Å². The predicted molar refractivity (Wildman–Crippen MR) is 80.8 cm³/mol. The Hall–Kier alpha value is -1.62. The van der Waals surface area contributed by atoms with Gasteiger partial charge >= 0.3 is 11.9 Å². The van der Waals surface area contributed by atoms with Crippen molar-refractivity contribution in [1.82, 2.24) is 0 Å². The first-order chi connectivity index (χ1) is 9.99. The fourth-order valence-electron chi connectivity index (χ4n) is 2.19. The Morgan fingerprint density at radius 3 is 2.05 bits per heavy atom. The minimum Gasteiger partial charge on any atom is -0.460 e. The standard InChI is InChI=1S/C16H26O5/c1-6-13(19-11-12-20-14(17)7-2)16(9-4,10-5)21-15(18)8-3/h7-8,13H,2-3,6,9-12H2,1,4-5H3. The van der Waals surface area contributed by atoms with Crippen LogP contribution in [0.1, 0.15) is 40.0 Å². The Bertz CT molecular complexity index is 358. The first-order valence-corrected chi connectivity index (χ1v) is 7.25. The molecular formula is C16H26O5. The summed E-state index contributed by atoms with van der Waals surface area (Å²) in [5.74, 6) is -0.944. The summed E-state index contributed by atoms with van der Waals surface area (Å²) in [6.45, 7) is 13.0. The lowest BCUT2D eigenvalue weighted by Crippen LogP contribution is -2.47. The first-order valence-electron chi connectivity index (χ1n) is 7.25. The fourth-order valence-corrected chi connectivity index (χ4v) is 2.19. The molecule has 0 amide bonds. The highest BCUT2D eigenvalue weighted by atomic mass is 16.6. The zero-order chi connectivity index (χ0) is 16.3. The van der Waals surface area contributed by atoms with Gasteiger partial charge in [0.25, 0.3) is 0 Å². The van der Waals surface area contributed by atoms with Crippen molar-refractivity contribution in [3.05, 3.63) is 25.3 Å². The molecule has 0 aromatic rings. The maximum Gasteiger partial charge on any atom is 0.330 e. The monoisotopic (exact) mass is 298 g/mol. The highest BCUT2D eigenvalue weighted by molar-refractivity contribution is 5.81. The minimum absolute atomic E-state index is 0.139. The molecule has 0 aromatic heterocycles. The van der Waals surface area contributed by atoms with Gasteiger partial charge in [-0.25, -0.2) is 9.59 Å². The molecule has 0 N–H and O–H groups in total. The summed E-state index contributed by atoms with van der Waals surface area (Å²) in [5, 5.41) is 0. The van der Waals surface area contributed by atoms with Gasteiger partial charge in [0, 0.05) is 12.2 Å². The molecule has 120 valence electrons. The van der Waals surface area contributed by atoms with Crippen molar-refractivity contribution in [2.45, 2.75) is 51.7 Å². The summed E-state index contributed by atoms with van der Waals surface area (Å²) in [6, 6.07) is 0. The van der Waals surface area contributed by atoms with Gasteiger partial charge in [-0.2, -0.15) is 0 Å². The SMILES string of the molecule is C=CC(=O)OCCOC(CC)C(CC)(CC)OC(=O)C=C. The lowest BCUT2D eigenvalue weighted by Gasteiger charge is -2.38. The highest BCUT2D eigenvalue weighted by Gasteiger charge is 2.39. The average Bonchev–Trinajstić information content (AvgIpc) is 2.52. The van der Waals surface area contributed by atoms with Crippen molar-refractivity contribution in [2.24, 2.45) is 0 Å². The summed E-state index contributed by atoms with van der Waals surface area (Å²) in [7, 11) is 0. The second-order valence-corrected chi connectivity index (χ2v) is 4.54.